The van der Waals surface area contributed by atoms with Crippen LogP contribution in [0.15, 0.2) is 23.4 Å². The van der Waals surface area contributed by atoms with Gasteiger partial charge in [-0.1, -0.05) is 0 Å². The molecule has 2 aromatic rings. The number of nitrogens with zero attached hydrogens (tertiary/aromatic N) is 4. The maximum absolute atomic E-state index is 12.0. The van der Waals surface area contributed by atoms with Crippen molar-refractivity contribution >= 4 is 11.6 Å². The van der Waals surface area contributed by atoms with Crippen molar-refractivity contribution in [2.75, 3.05) is 19.5 Å². The third kappa shape index (κ3) is 3.57. The van der Waals surface area contributed by atoms with Gasteiger partial charge < -0.3 is 14.8 Å². The molecule has 0 aliphatic heterocycles. The Hall–Kier alpha value is -2.97. The van der Waals surface area contributed by atoms with Gasteiger partial charge in [0.1, 0.15) is 12.2 Å². The highest BCUT2D eigenvalue weighted by Gasteiger charge is 2.12. The van der Waals surface area contributed by atoms with E-state index in [1.54, 1.807) is 6.92 Å². The minimum atomic E-state index is -0.431. The van der Waals surface area contributed by atoms with Crippen molar-refractivity contribution in [3.63, 3.8) is 0 Å². The summed E-state index contributed by atoms with van der Waals surface area (Å²) in [6, 6.07) is 1.47. The van der Waals surface area contributed by atoms with Crippen LogP contribution in [0.5, 0.6) is 11.9 Å². The molecule has 0 saturated heterocycles. The Bertz CT molecular complexity index is 743. The summed E-state index contributed by atoms with van der Waals surface area (Å²) in [6.45, 7) is 1.52. The van der Waals surface area contributed by atoms with Crippen molar-refractivity contribution < 1.29 is 14.3 Å². The van der Waals surface area contributed by atoms with Gasteiger partial charge in [-0.2, -0.15) is 4.98 Å². The van der Waals surface area contributed by atoms with E-state index in [1.807, 2.05) is 0 Å². The van der Waals surface area contributed by atoms with Crippen molar-refractivity contribution in [1.82, 2.24) is 19.5 Å². The Morgan fingerprint density at radius 2 is 2.09 bits per heavy atom. The molecule has 1 N–H and O–H groups in total. The zero-order chi connectivity index (χ0) is 16.1. The predicted octanol–water partition coefficient (Wildman–Crippen LogP) is -0.00238. The van der Waals surface area contributed by atoms with E-state index in [0.29, 0.717) is 5.69 Å². The molecular formula is C13H15N5O4. The Balaban J connectivity index is 2.13. The molecule has 2 heterocycles. The molecule has 0 bridgehead atoms. The van der Waals surface area contributed by atoms with Gasteiger partial charge >= 0.3 is 6.01 Å². The fraction of sp³-hybridized carbons (Fsp3) is 0.308. The molecule has 0 aliphatic rings. The zero-order valence-electron chi connectivity index (χ0n) is 12.4. The number of amides is 1. The first-order valence-corrected chi connectivity index (χ1v) is 6.31. The van der Waals surface area contributed by atoms with E-state index in [9.17, 15) is 9.59 Å². The van der Waals surface area contributed by atoms with E-state index < -0.39 is 5.91 Å². The van der Waals surface area contributed by atoms with Crippen LogP contribution in [0.2, 0.25) is 0 Å². The summed E-state index contributed by atoms with van der Waals surface area (Å²) in [5.41, 5.74) is 0.564. The Labute approximate surface area is 126 Å². The average Bonchev–Trinajstić information content (AvgIpc) is 2.50. The summed E-state index contributed by atoms with van der Waals surface area (Å²) < 4.78 is 11.1. The lowest BCUT2D eigenvalue weighted by molar-refractivity contribution is -0.116. The number of hydrogen-bond donors (Lipinski definition) is 1. The summed E-state index contributed by atoms with van der Waals surface area (Å²) in [7, 11) is 2.83. The number of rotatable bonds is 5. The molecular weight excluding hydrogens is 290 g/mol. The van der Waals surface area contributed by atoms with Gasteiger partial charge in [0.2, 0.25) is 11.8 Å². The summed E-state index contributed by atoms with van der Waals surface area (Å²) in [6.07, 6.45) is 2.68. The van der Waals surface area contributed by atoms with Crippen LogP contribution in [0.1, 0.15) is 5.69 Å². The Kier molecular flexibility index (Phi) is 4.66. The number of carbonyl (C=O) groups excluding carboxylic acids is 1. The molecule has 0 radical (unpaired) electrons. The molecule has 1 amide bonds. The van der Waals surface area contributed by atoms with Gasteiger partial charge in [0.05, 0.1) is 26.7 Å². The first kappa shape index (κ1) is 15.4. The summed E-state index contributed by atoms with van der Waals surface area (Å²) in [5, 5.41) is 2.57. The lowest BCUT2D eigenvalue weighted by atomic mass is 10.4. The fourth-order valence-electron chi connectivity index (χ4n) is 1.67. The molecule has 9 heteroatoms. The molecule has 116 valence electrons. The highest BCUT2D eigenvalue weighted by atomic mass is 16.5. The summed E-state index contributed by atoms with van der Waals surface area (Å²) in [4.78, 5) is 35.5. The van der Waals surface area contributed by atoms with Crippen LogP contribution in [0, 0.1) is 6.92 Å². The molecule has 0 saturated carbocycles. The molecule has 2 rings (SSSR count). The molecule has 22 heavy (non-hydrogen) atoms. The van der Waals surface area contributed by atoms with Crippen LogP contribution in [0.25, 0.3) is 0 Å². The lowest BCUT2D eigenvalue weighted by Crippen LogP contribution is -2.27. The first-order valence-electron chi connectivity index (χ1n) is 6.31. The summed E-state index contributed by atoms with van der Waals surface area (Å²) in [5.74, 6) is -0.269. The largest absolute Gasteiger partial charge is 0.479 e. The van der Waals surface area contributed by atoms with Gasteiger partial charge in [-0.15, -0.1) is 0 Å². The topological polar surface area (TPSA) is 108 Å². The molecule has 0 aromatic carbocycles. The number of nitrogens with one attached hydrogen (secondary N) is 1. The Morgan fingerprint density at radius 1 is 1.32 bits per heavy atom. The van der Waals surface area contributed by atoms with E-state index in [2.05, 4.69) is 20.3 Å². The number of ether oxygens (including phenoxy) is 2. The van der Waals surface area contributed by atoms with Gasteiger partial charge in [0.15, 0.2) is 0 Å². The van der Waals surface area contributed by atoms with Crippen LogP contribution in [0.3, 0.4) is 0 Å². The average molecular weight is 305 g/mol. The van der Waals surface area contributed by atoms with Crippen LogP contribution in [-0.4, -0.2) is 39.6 Å². The predicted molar refractivity (Wildman–Crippen MR) is 77.0 cm³/mol. The molecule has 0 fully saturated rings. The summed E-state index contributed by atoms with van der Waals surface area (Å²) >= 11 is 0. The van der Waals surface area contributed by atoms with Gasteiger partial charge in [0.25, 0.3) is 5.56 Å². The SMILES string of the molecule is COc1ncc(NC(=O)Cn2cnc(C)cc2=O)c(OC)n1. The van der Waals surface area contributed by atoms with E-state index in [-0.39, 0.29) is 29.7 Å². The van der Waals surface area contributed by atoms with E-state index in [1.165, 1.54) is 37.4 Å². The molecule has 0 spiro atoms. The maximum Gasteiger partial charge on any atom is 0.319 e. The Morgan fingerprint density at radius 3 is 2.73 bits per heavy atom. The smallest absolute Gasteiger partial charge is 0.319 e. The van der Waals surface area contributed by atoms with E-state index in [0.717, 1.165) is 0 Å². The third-order valence-electron chi connectivity index (χ3n) is 2.71. The number of aromatic nitrogens is 4. The van der Waals surface area contributed by atoms with Crippen molar-refractivity contribution in [2.24, 2.45) is 0 Å². The second kappa shape index (κ2) is 6.66. The van der Waals surface area contributed by atoms with Gasteiger partial charge in [0, 0.05) is 11.8 Å². The minimum Gasteiger partial charge on any atom is -0.479 e. The van der Waals surface area contributed by atoms with Crippen molar-refractivity contribution in [2.45, 2.75) is 13.5 Å². The number of carbonyl (C=O) groups is 1. The molecule has 0 unspecified atom stereocenters. The number of methoxy groups -OCH3 is 2. The van der Waals surface area contributed by atoms with E-state index in [4.69, 9.17) is 9.47 Å². The number of anilines is 1. The van der Waals surface area contributed by atoms with Gasteiger partial charge in [-0.25, -0.2) is 9.97 Å². The van der Waals surface area contributed by atoms with Crippen LogP contribution >= 0.6 is 0 Å². The first-order chi connectivity index (χ1) is 10.5. The normalized spacial score (nSPS) is 10.1. The van der Waals surface area contributed by atoms with Crippen molar-refractivity contribution in [3.8, 4) is 11.9 Å². The minimum absolute atomic E-state index is 0.119. The molecule has 9 nitrogen and oxygen atoms in total. The number of hydrogen-bond acceptors (Lipinski definition) is 7. The second-order valence-corrected chi connectivity index (χ2v) is 4.32. The fourth-order valence-corrected chi connectivity index (χ4v) is 1.67. The quantitative estimate of drug-likeness (QED) is 0.828. The molecule has 2 aromatic heterocycles. The lowest BCUT2D eigenvalue weighted by Gasteiger charge is -2.10. The maximum atomic E-state index is 12.0. The highest BCUT2D eigenvalue weighted by Crippen LogP contribution is 2.22. The van der Waals surface area contributed by atoms with Crippen LogP contribution < -0.4 is 20.3 Å². The standard InChI is InChI=1S/C13H15N5O4/c1-8-4-11(20)18(7-15-8)6-10(19)16-9-5-14-13(22-3)17-12(9)21-2/h4-5,7H,6H2,1-3H3,(H,16,19). The third-order valence-corrected chi connectivity index (χ3v) is 2.71. The van der Waals surface area contributed by atoms with Crippen molar-refractivity contribution in [3.05, 3.63) is 34.6 Å². The van der Waals surface area contributed by atoms with Gasteiger partial charge in [-0.05, 0) is 6.92 Å². The van der Waals surface area contributed by atoms with E-state index >= 15 is 0 Å². The van der Waals surface area contributed by atoms with Crippen molar-refractivity contribution in [1.29, 1.82) is 0 Å². The van der Waals surface area contributed by atoms with Crippen LogP contribution in [-0.2, 0) is 11.3 Å². The monoisotopic (exact) mass is 305 g/mol. The van der Waals surface area contributed by atoms with Crippen LogP contribution in [0.4, 0.5) is 5.69 Å². The molecule has 0 atom stereocenters. The van der Waals surface area contributed by atoms with Gasteiger partial charge in [-0.3, -0.25) is 14.2 Å². The second-order valence-electron chi connectivity index (χ2n) is 4.32. The zero-order valence-corrected chi connectivity index (χ0v) is 12.4. The molecule has 0 aliphatic carbocycles. The number of aryl methyl sites for hydroxylation is 1. The highest BCUT2D eigenvalue weighted by molar-refractivity contribution is 5.91.